The van der Waals surface area contributed by atoms with Gasteiger partial charge in [-0.25, -0.2) is 4.79 Å². The van der Waals surface area contributed by atoms with E-state index in [0.717, 1.165) is 6.08 Å². The molecule has 0 fully saturated rings. The van der Waals surface area contributed by atoms with Crippen molar-refractivity contribution in [2.75, 3.05) is 0 Å². The maximum Gasteiger partial charge on any atom is 0.387 e. The number of aliphatic carboxylic acids is 1. The number of hydrogen-bond donors (Lipinski definition) is 1. The van der Waals surface area contributed by atoms with Crippen molar-refractivity contribution >= 4 is 43.9 Å². The molecular formula is C10H6Br2F2O3. The first-order valence-electron chi connectivity index (χ1n) is 4.25. The molecule has 1 N–H and O–H groups in total. The molecule has 17 heavy (non-hydrogen) atoms. The van der Waals surface area contributed by atoms with E-state index in [1.807, 2.05) is 0 Å². The Balaban J connectivity index is 3.06. The van der Waals surface area contributed by atoms with E-state index >= 15 is 0 Å². The van der Waals surface area contributed by atoms with Gasteiger partial charge in [0.05, 0.1) is 4.47 Å². The van der Waals surface area contributed by atoms with Crippen LogP contribution in [0.15, 0.2) is 27.2 Å². The maximum absolute atomic E-state index is 12.0. The lowest BCUT2D eigenvalue weighted by Crippen LogP contribution is -2.02. The van der Waals surface area contributed by atoms with Crippen LogP contribution in [-0.4, -0.2) is 17.7 Å². The van der Waals surface area contributed by atoms with Gasteiger partial charge in [-0.1, -0.05) is 6.07 Å². The van der Waals surface area contributed by atoms with Crippen molar-refractivity contribution in [2.24, 2.45) is 0 Å². The quantitative estimate of drug-likeness (QED) is 0.816. The van der Waals surface area contributed by atoms with E-state index in [9.17, 15) is 13.6 Å². The molecule has 0 atom stereocenters. The number of benzene rings is 1. The molecule has 0 radical (unpaired) electrons. The van der Waals surface area contributed by atoms with Crippen LogP contribution >= 0.6 is 31.9 Å². The van der Waals surface area contributed by atoms with Crippen LogP contribution in [0, 0.1) is 0 Å². The second kappa shape index (κ2) is 6.11. The molecule has 0 aliphatic heterocycles. The monoisotopic (exact) mass is 370 g/mol. The first-order chi connectivity index (χ1) is 7.91. The van der Waals surface area contributed by atoms with Crippen LogP contribution in [0.2, 0.25) is 0 Å². The Bertz CT molecular complexity index is 461. The van der Waals surface area contributed by atoms with Gasteiger partial charge in [-0.15, -0.1) is 0 Å². The highest BCUT2D eigenvalue weighted by Gasteiger charge is 2.12. The average molecular weight is 372 g/mol. The van der Waals surface area contributed by atoms with E-state index in [1.54, 1.807) is 0 Å². The van der Waals surface area contributed by atoms with Crippen molar-refractivity contribution in [3.8, 4) is 5.75 Å². The Morgan fingerprint density at radius 2 is 2.00 bits per heavy atom. The first kappa shape index (κ1) is 14.1. The summed E-state index contributed by atoms with van der Waals surface area (Å²) in [7, 11) is 0. The van der Waals surface area contributed by atoms with E-state index in [0.29, 0.717) is 14.5 Å². The molecule has 0 unspecified atom stereocenters. The predicted molar refractivity (Wildman–Crippen MR) is 65.1 cm³/mol. The number of halogens is 4. The van der Waals surface area contributed by atoms with Crippen LogP contribution in [0.3, 0.4) is 0 Å². The summed E-state index contributed by atoms with van der Waals surface area (Å²) in [6, 6.07) is 2.79. The van der Waals surface area contributed by atoms with Gasteiger partial charge in [-0.3, -0.25) is 0 Å². The summed E-state index contributed by atoms with van der Waals surface area (Å²) < 4.78 is 29.1. The number of hydrogen-bond acceptors (Lipinski definition) is 2. The third-order valence-electron chi connectivity index (χ3n) is 1.70. The molecule has 1 rings (SSSR count). The van der Waals surface area contributed by atoms with Gasteiger partial charge in [-0.2, -0.15) is 8.78 Å². The van der Waals surface area contributed by atoms with E-state index in [2.05, 4.69) is 36.6 Å². The molecule has 0 spiro atoms. The van der Waals surface area contributed by atoms with Crippen molar-refractivity contribution in [3.63, 3.8) is 0 Å². The highest BCUT2D eigenvalue weighted by Crippen LogP contribution is 2.36. The molecule has 1 aromatic rings. The fourth-order valence-corrected chi connectivity index (χ4v) is 1.94. The molecule has 0 aliphatic carbocycles. The summed E-state index contributed by atoms with van der Waals surface area (Å²) in [5.41, 5.74) is 0.529. The topological polar surface area (TPSA) is 46.5 Å². The van der Waals surface area contributed by atoms with Crippen molar-refractivity contribution in [1.82, 2.24) is 0 Å². The van der Waals surface area contributed by atoms with E-state index < -0.39 is 12.6 Å². The molecule has 0 amide bonds. The standard InChI is InChI=1S/C10H6Br2F2O3/c11-8-5(2-4-7(15)16)1-3-6(9(8)12)17-10(13)14/h1-4,10H,(H,15,16)/b4-2+. The summed E-state index contributed by atoms with van der Waals surface area (Å²) in [5, 5.41) is 8.47. The average Bonchev–Trinajstić information content (AvgIpc) is 2.23. The molecule has 0 saturated carbocycles. The lowest BCUT2D eigenvalue weighted by Gasteiger charge is -2.09. The third kappa shape index (κ3) is 4.08. The summed E-state index contributed by atoms with van der Waals surface area (Å²) in [6.07, 6.45) is 2.28. The van der Waals surface area contributed by atoms with E-state index in [4.69, 9.17) is 5.11 Å². The van der Waals surface area contributed by atoms with Crippen molar-refractivity contribution in [3.05, 3.63) is 32.7 Å². The van der Waals surface area contributed by atoms with Gasteiger partial charge in [0, 0.05) is 10.5 Å². The summed E-state index contributed by atoms with van der Waals surface area (Å²) in [4.78, 5) is 10.3. The fourth-order valence-electron chi connectivity index (χ4n) is 1.02. The fraction of sp³-hybridized carbons (Fsp3) is 0.100. The Morgan fingerprint density at radius 3 is 2.53 bits per heavy atom. The lowest BCUT2D eigenvalue weighted by atomic mass is 10.2. The van der Waals surface area contributed by atoms with Crippen LogP contribution in [0.25, 0.3) is 6.08 Å². The number of rotatable bonds is 4. The zero-order valence-corrected chi connectivity index (χ0v) is 11.3. The van der Waals surface area contributed by atoms with E-state index in [-0.39, 0.29) is 5.75 Å². The van der Waals surface area contributed by atoms with Crippen LogP contribution in [0.5, 0.6) is 5.75 Å². The van der Waals surface area contributed by atoms with Gasteiger partial charge in [0.1, 0.15) is 5.75 Å². The normalized spacial score (nSPS) is 11.1. The molecule has 0 aliphatic rings. The van der Waals surface area contributed by atoms with E-state index in [1.165, 1.54) is 18.2 Å². The molecule has 1 aromatic carbocycles. The predicted octanol–water partition coefficient (Wildman–Crippen LogP) is 3.91. The van der Waals surface area contributed by atoms with Gasteiger partial charge in [0.15, 0.2) is 0 Å². The van der Waals surface area contributed by atoms with Crippen molar-refractivity contribution in [2.45, 2.75) is 6.61 Å². The van der Waals surface area contributed by atoms with Crippen LogP contribution in [0.4, 0.5) is 8.78 Å². The van der Waals surface area contributed by atoms with Gasteiger partial charge in [0.2, 0.25) is 0 Å². The third-order valence-corrected chi connectivity index (χ3v) is 3.87. The summed E-state index contributed by atoms with van der Waals surface area (Å²) in [5.74, 6) is -1.12. The molecule has 0 bridgehead atoms. The molecule has 92 valence electrons. The maximum atomic E-state index is 12.0. The summed E-state index contributed by atoms with van der Waals surface area (Å²) in [6.45, 7) is -2.92. The van der Waals surface area contributed by atoms with Crippen LogP contribution < -0.4 is 4.74 Å². The number of alkyl halides is 2. The van der Waals surface area contributed by atoms with Crippen LogP contribution in [0.1, 0.15) is 5.56 Å². The minimum Gasteiger partial charge on any atom is -0.478 e. The minimum atomic E-state index is -2.92. The molecule has 0 heterocycles. The molecular weight excluding hydrogens is 366 g/mol. The lowest BCUT2D eigenvalue weighted by molar-refractivity contribution is -0.131. The van der Waals surface area contributed by atoms with Gasteiger partial charge >= 0.3 is 12.6 Å². The smallest absolute Gasteiger partial charge is 0.387 e. The minimum absolute atomic E-state index is 0.0284. The number of carbonyl (C=O) groups is 1. The number of carboxylic acids is 1. The number of carboxylic acid groups (broad SMARTS) is 1. The first-order valence-corrected chi connectivity index (χ1v) is 5.84. The van der Waals surface area contributed by atoms with Gasteiger partial charge in [-0.05, 0) is 49.6 Å². The zero-order valence-electron chi connectivity index (χ0n) is 8.16. The molecule has 0 aromatic heterocycles. The Morgan fingerprint density at radius 1 is 1.35 bits per heavy atom. The Labute approximate surface area is 112 Å². The second-order valence-corrected chi connectivity index (χ2v) is 4.42. The molecule has 3 nitrogen and oxygen atoms in total. The number of ether oxygens (including phenoxy) is 1. The zero-order chi connectivity index (χ0) is 13.0. The highest BCUT2D eigenvalue weighted by atomic mass is 79.9. The molecule has 0 saturated heterocycles. The van der Waals surface area contributed by atoms with Crippen molar-refractivity contribution < 1.29 is 23.4 Å². The molecule has 7 heteroatoms. The van der Waals surface area contributed by atoms with Crippen molar-refractivity contribution in [1.29, 1.82) is 0 Å². The van der Waals surface area contributed by atoms with Gasteiger partial charge < -0.3 is 9.84 Å². The largest absolute Gasteiger partial charge is 0.478 e. The van der Waals surface area contributed by atoms with Gasteiger partial charge in [0.25, 0.3) is 0 Å². The SMILES string of the molecule is O=C(O)/C=C/c1ccc(OC(F)F)c(Br)c1Br. The summed E-state index contributed by atoms with van der Waals surface area (Å²) >= 11 is 6.24. The Hall–Kier alpha value is -0.950. The highest BCUT2D eigenvalue weighted by molar-refractivity contribution is 9.13. The Kier molecular flexibility index (Phi) is 5.07. The van der Waals surface area contributed by atoms with Crippen LogP contribution in [-0.2, 0) is 4.79 Å². The second-order valence-electron chi connectivity index (χ2n) is 2.83.